The van der Waals surface area contributed by atoms with E-state index in [0.29, 0.717) is 5.56 Å². The van der Waals surface area contributed by atoms with E-state index < -0.39 is 24.0 Å². The number of hydrogen-bond acceptors (Lipinski definition) is 4. The fourth-order valence-corrected chi connectivity index (χ4v) is 2.48. The van der Waals surface area contributed by atoms with Gasteiger partial charge in [0.05, 0.1) is 5.56 Å². The van der Waals surface area contributed by atoms with E-state index in [2.05, 4.69) is 33.2 Å². The topological polar surface area (TPSA) is 84.5 Å². The Morgan fingerprint density at radius 3 is 2.48 bits per heavy atom. The van der Waals surface area contributed by atoms with Crippen LogP contribution in [0.15, 0.2) is 54.6 Å². The molecule has 0 aliphatic rings. The molecule has 0 heterocycles. The number of benzene rings is 2. The van der Waals surface area contributed by atoms with Crippen LogP contribution < -0.4 is 10.6 Å². The lowest BCUT2D eigenvalue weighted by molar-refractivity contribution is -0.127. The highest BCUT2D eigenvalue weighted by molar-refractivity contribution is 14.1. The van der Waals surface area contributed by atoms with Crippen LogP contribution in [0.4, 0.5) is 4.79 Å². The largest absolute Gasteiger partial charge is 0.449 e. The lowest BCUT2D eigenvalue weighted by Crippen LogP contribution is -2.44. The number of amides is 3. The van der Waals surface area contributed by atoms with Crippen LogP contribution >= 0.6 is 22.6 Å². The standard InChI is InChI=1S/C18H17IN2O4/c1-12(25-17(23)14-8-5-9-15(19)10-14)16(22)21-18(24)20-11-13-6-3-2-4-7-13/h2-10,12H,11H2,1H3,(H2,20,21,22,24). The lowest BCUT2D eigenvalue weighted by Gasteiger charge is -2.13. The highest BCUT2D eigenvalue weighted by atomic mass is 127. The van der Waals surface area contributed by atoms with Gasteiger partial charge in [0.2, 0.25) is 0 Å². The van der Waals surface area contributed by atoms with Gasteiger partial charge in [0.15, 0.2) is 6.10 Å². The molecule has 2 aromatic rings. The summed E-state index contributed by atoms with van der Waals surface area (Å²) in [4.78, 5) is 35.7. The summed E-state index contributed by atoms with van der Waals surface area (Å²) in [5.41, 5.74) is 1.25. The monoisotopic (exact) mass is 452 g/mol. The zero-order valence-electron chi connectivity index (χ0n) is 13.5. The van der Waals surface area contributed by atoms with E-state index in [0.717, 1.165) is 9.13 Å². The summed E-state index contributed by atoms with van der Waals surface area (Å²) in [6.07, 6.45) is -1.09. The average molecular weight is 452 g/mol. The van der Waals surface area contributed by atoms with Gasteiger partial charge in [-0.3, -0.25) is 10.1 Å². The molecular formula is C18H17IN2O4. The second kappa shape index (κ2) is 9.16. The predicted octanol–water partition coefficient (Wildman–Crippen LogP) is 2.86. The predicted molar refractivity (Wildman–Crippen MR) is 101 cm³/mol. The molecule has 0 saturated carbocycles. The number of ether oxygens (including phenoxy) is 1. The minimum absolute atomic E-state index is 0.288. The first kappa shape index (κ1) is 18.9. The Morgan fingerprint density at radius 2 is 1.80 bits per heavy atom. The number of urea groups is 1. The molecule has 2 aromatic carbocycles. The van der Waals surface area contributed by atoms with Gasteiger partial charge in [-0.15, -0.1) is 0 Å². The fourth-order valence-electron chi connectivity index (χ4n) is 1.93. The summed E-state index contributed by atoms with van der Waals surface area (Å²) < 4.78 is 5.96. The summed E-state index contributed by atoms with van der Waals surface area (Å²) in [7, 11) is 0. The van der Waals surface area contributed by atoms with Crippen molar-refractivity contribution in [2.24, 2.45) is 0 Å². The third-order valence-corrected chi connectivity index (χ3v) is 3.92. The lowest BCUT2D eigenvalue weighted by atomic mass is 10.2. The Bertz CT molecular complexity index is 765. The molecule has 25 heavy (non-hydrogen) atoms. The molecule has 7 heteroatoms. The zero-order valence-corrected chi connectivity index (χ0v) is 15.6. The molecular weight excluding hydrogens is 435 g/mol. The van der Waals surface area contributed by atoms with E-state index in [9.17, 15) is 14.4 Å². The summed E-state index contributed by atoms with van der Waals surface area (Å²) >= 11 is 2.08. The van der Waals surface area contributed by atoms with Crippen LogP contribution in [0.5, 0.6) is 0 Å². The van der Waals surface area contributed by atoms with Crippen LogP contribution in [0, 0.1) is 3.57 Å². The number of nitrogens with one attached hydrogen (secondary N) is 2. The number of hydrogen-bond donors (Lipinski definition) is 2. The Labute approximate surface area is 159 Å². The van der Waals surface area contributed by atoms with Crippen molar-refractivity contribution >= 4 is 40.5 Å². The van der Waals surface area contributed by atoms with Gasteiger partial charge < -0.3 is 10.1 Å². The number of esters is 1. The van der Waals surface area contributed by atoms with Crippen molar-refractivity contribution in [1.82, 2.24) is 10.6 Å². The van der Waals surface area contributed by atoms with Gasteiger partial charge in [0, 0.05) is 10.1 Å². The molecule has 0 aliphatic carbocycles. The third kappa shape index (κ3) is 6.18. The number of halogens is 1. The van der Waals surface area contributed by atoms with Crippen LogP contribution in [0.25, 0.3) is 0 Å². The quantitative estimate of drug-likeness (QED) is 0.540. The van der Waals surface area contributed by atoms with Crippen molar-refractivity contribution in [1.29, 1.82) is 0 Å². The molecule has 1 unspecified atom stereocenters. The minimum Gasteiger partial charge on any atom is -0.449 e. The fraction of sp³-hybridized carbons (Fsp3) is 0.167. The number of imide groups is 1. The summed E-state index contributed by atoms with van der Waals surface area (Å²) in [5.74, 6) is -1.31. The molecule has 3 amide bonds. The van der Waals surface area contributed by atoms with Crippen molar-refractivity contribution in [3.8, 4) is 0 Å². The second-order valence-corrected chi connectivity index (χ2v) is 6.46. The van der Waals surface area contributed by atoms with Gasteiger partial charge in [-0.1, -0.05) is 36.4 Å². The van der Waals surface area contributed by atoms with Gasteiger partial charge in [-0.25, -0.2) is 9.59 Å². The normalized spacial score (nSPS) is 11.3. The molecule has 130 valence electrons. The maximum absolute atomic E-state index is 12.0. The van der Waals surface area contributed by atoms with Crippen LogP contribution in [0.1, 0.15) is 22.8 Å². The first-order valence-corrected chi connectivity index (χ1v) is 8.63. The van der Waals surface area contributed by atoms with E-state index in [1.54, 1.807) is 18.2 Å². The van der Waals surface area contributed by atoms with Crippen molar-refractivity contribution in [3.63, 3.8) is 0 Å². The average Bonchev–Trinajstić information content (AvgIpc) is 2.60. The molecule has 0 fully saturated rings. The van der Waals surface area contributed by atoms with Crippen LogP contribution in [0.3, 0.4) is 0 Å². The smallest absolute Gasteiger partial charge is 0.338 e. The van der Waals surface area contributed by atoms with E-state index in [1.807, 2.05) is 36.4 Å². The van der Waals surface area contributed by atoms with Crippen molar-refractivity contribution < 1.29 is 19.1 Å². The molecule has 0 radical (unpaired) electrons. The molecule has 0 aliphatic heterocycles. The van der Waals surface area contributed by atoms with E-state index in [4.69, 9.17) is 4.74 Å². The van der Waals surface area contributed by atoms with Crippen LogP contribution in [-0.4, -0.2) is 24.0 Å². The minimum atomic E-state index is -1.09. The summed E-state index contributed by atoms with van der Waals surface area (Å²) in [6, 6.07) is 15.5. The SMILES string of the molecule is CC(OC(=O)c1cccc(I)c1)C(=O)NC(=O)NCc1ccccc1. The van der Waals surface area contributed by atoms with Gasteiger partial charge in [0.1, 0.15) is 0 Å². The van der Waals surface area contributed by atoms with Gasteiger partial charge in [-0.05, 0) is 53.3 Å². The molecule has 2 rings (SSSR count). The van der Waals surface area contributed by atoms with E-state index >= 15 is 0 Å². The maximum Gasteiger partial charge on any atom is 0.338 e. The Morgan fingerprint density at radius 1 is 1.08 bits per heavy atom. The second-order valence-electron chi connectivity index (χ2n) is 5.22. The van der Waals surface area contributed by atoms with E-state index in [-0.39, 0.29) is 6.54 Å². The number of carbonyl (C=O) groups excluding carboxylic acids is 3. The third-order valence-electron chi connectivity index (χ3n) is 3.25. The summed E-state index contributed by atoms with van der Waals surface area (Å²) in [6.45, 7) is 1.70. The first-order chi connectivity index (χ1) is 12.0. The molecule has 1 atom stereocenters. The highest BCUT2D eigenvalue weighted by Crippen LogP contribution is 2.10. The Hall–Kier alpha value is -2.42. The Balaban J connectivity index is 1.81. The molecule has 0 spiro atoms. The molecule has 2 N–H and O–H groups in total. The van der Waals surface area contributed by atoms with Crippen molar-refractivity contribution in [3.05, 3.63) is 69.3 Å². The van der Waals surface area contributed by atoms with Gasteiger partial charge in [-0.2, -0.15) is 0 Å². The van der Waals surface area contributed by atoms with Crippen LogP contribution in [0.2, 0.25) is 0 Å². The molecule has 0 saturated heterocycles. The van der Waals surface area contributed by atoms with Gasteiger partial charge in [0.25, 0.3) is 5.91 Å². The highest BCUT2D eigenvalue weighted by Gasteiger charge is 2.20. The molecule has 0 bridgehead atoms. The molecule has 0 aromatic heterocycles. The zero-order chi connectivity index (χ0) is 18.2. The number of rotatable bonds is 5. The van der Waals surface area contributed by atoms with Crippen LogP contribution in [-0.2, 0) is 16.1 Å². The number of carbonyl (C=O) groups is 3. The van der Waals surface area contributed by atoms with E-state index in [1.165, 1.54) is 6.92 Å². The molecule has 6 nitrogen and oxygen atoms in total. The first-order valence-electron chi connectivity index (χ1n) is 7.55. The summed E-state index contributed by atoms with van der Waals surface area (Å²) in [5, 5.41) is 4.72. The maximum atomic E-state index is 12.0. The van der Waals surface area contributed by atoms with Gasteiger partial charge >= 0.3 is 12.0 Å². The Kier molecular flexibility index (Phi) is 6.93. The van der Waals surface area contributed by atoms with Crippen molar-refractivity contribution in [2.75, 3.05) is 0 Å². The van der Waals surface area contributed by atoms with Crippen molar-refractivity contribution in [2.45, 2.75) is 19.6 Å².